The first-order chi connectivity index (χ1) is 18.6. The molecule has 39 heavy (non-hydrogen) atoms. The monoisotopic (exact) mass is 556 g/mol. The van der Waals surface area contributed by atoms with E-state index in [-0.39, 0.29) is 39.9 Å². The van der Waals surface area contributed by atoms with E-state index in [9.17, 15) is 18.0 Å². The summed E-state index contributed by atoms with van der Waals surface area (Å²) in [6.07, 6.45) is 0.366. The number of hydrogen-bond acceptors (Lipinski definition) is 8. The lowest BCUT2D eigenvalue weighted by Crippen LogP contribution is -2.39. The Hall–Kier alpha value is -4.09. The van der Waals surface area contributed by atoms with E-state index in [0.717, 1.165) is 15.4 Å². The molecule has 1 N–H and O–H groups in total. The third kappa shape index (κ3) is 7.06. The summed E-state index contributed by atoms with van der Waals surface area (Å²) >= 11 is 0. The quantitative estimate of drug-likeness (QED) is 0.336. The minimum atomic E-state index is -4.17. The van der Waals surface area contributed by atoms with E-state index in [1.807, 2.05) is 30.3 Å². The highest BCUT2D eigenvalue weighted by molar-refractivity contribution is 7.89. The van der Waals surface area contributed by atoms with Gasteiger partial charge >= 0.3 is 5.97 Å². The molecule has 0 radical (unpaired) electrons. The first-order valence-corrected chi connectivity index (χ1v) is 13.4. The Kier molecular flexibility index (Phi) is 9.91. The van der Waals surface area contributed by atoms with Gasteiger partial charge in [-0.3, -0.25) is 4.79 Å². The molecule has 3 aromatic rings. The fourth-order valence-corrected chi connectivity index (χ4v) is 5.56. The smallest absolute Gasteiger partial charge is 0.340 e. The molecule has 0 spiro atoms. The topological polar surface area (TPSA) is 120 Å². The molecule has 0 saturated heterocycles. The van der Waals surface area contributed by atoms with Gasteiger partial charge in [-0.25, -0.2) is 13.2 Å². The van der Waals surface area contributed by atoms with E-state index in [4.69, 9.17) is 18.9 Å². The zero-order valence-electron chi connectivity index (χ0n) is 22.5. The zero-order chi connectivity index (χ0) is 28.6. The van der Waals surface area contributed by atoms with Gasteiger partial charge < -0.3 is 24.3 Å². The molecule has 0 saturated carbocycles. The van der Waals surface area contributed by atoms with Crippen molar-refractivity contribution >= 4 is 27.6 Å². The lowest BCUT2D eigenvalue weighted by molar-refractivity contribution is -0.116. The SMILES string of the molecule is COC(=O)c1cc(OC)c(OC)cc1NC(=O)CN(CCc1ccccc1)S(=O)(=O)c1cc(C)ccc1OC. The van der Waals surface area contributed by atoms with Crippen LogP contribution in [0, 0.1) is 6.92 Å². The van der Waals surface area contributed by atoms with E-state index < -0.39 is 28.4 Å². The van der Waals surface area contributed by atoms with Gasteiger partial charge in [-0.05, 0) is 36.6 Å². The Morgan fingerprint density at radius 3 is 2.10 bits per heavy atom. The van der Waals surface area contributed by atoms with Gasteiger partial charge in [0.25, 0.3) is 0 Å². The Balaban J connectivity index is 1.97. The Morgan fingerprint density at radius 2 is 1.49 bits per heavy atom. The van der Waals surface area contributed by atoms with Crippen molar-refractivity contribution in [3.05, 3.63) is 77.4 Å². The molecule has 3 aromatic carbocycles. The number of nitrogens with one attached hydrogen (secondary N) is 1. The minimum absolute atomic E-state index is 0.0162. The summed E-state index contributed by atoms with van der Waals surface area (Å²) < 4.78 is 49.5. The summed E-state index contributed by atoms with van der Waals surface area (Å²) in [6, 6.07) is 16.9. The molecule has 0 heterocycles. The fraction of sp³-hybridized carbons (Fsp3) is 0.286. The van der Waals surface area contributed by atoms with Crippen LogP contribution in [0.5, 0.6) is 17.2 Å². The summed E-state index contributed by atoms with van der Waals surface area (Å²) in [5.74, 6) is -0.702. The predicted octanol–water partition coefficient (Wildman–Crippen LogP) is 3.68. The van der Waals surface area contributed by atoms with E-state index in [1.165, 1.54) is 46.6 Å². The maximum absolute atomic E-state index is 13.8. The highest BCUT2D eigenvalue weighted by Crippen LogP contribution is 2.34. The number of esters is 1. The molecule has 0 aromatic heterocycles. The van der Waals surface area contributed by atoms with Gasteiger partial charge in [0.2, 0.25) is 15.9 Å². The van der Waals surface area contributed by atoms with Crippen molar-refractivity contribution < 1.29 is 37.0 Å². The number of aryl methyl sites for hydroxylation is 1. The number of carbonyl (C=O) groups is 2. The van der Waals surface area contributed by atoms with Gasteiger partial charge in [-0.2, -0.15) is 4.31 Å². The number of carbonyl (C=O) groups excluding carboxylic acids is 2. The summed E-state index contributed by atoms with van der Waals surface area (Å²) in [4.78, 5) is 25.7. The lowest BCUT2D eigenvalue weighted by atomic mass is 10.1. The first-order valence-electron chi connectivity index (χ1n) is 12.0. The molecule has 3 rings (SSSR count). The molecule has 208 valence electrons. The predicted molar refractivity (Wildman–Crippen MR) is 146 cm³/mol. The molecule has 11 heteroatoms. The van der Waals surface area contributed by atoms with E-state index in [2.05, 4.69) is 5.32 Å². The van der Waals surface area contributed by atoms with E-state index in [1.54, 1.807) is 19.1 Å². The standard InChI is InChI=1S/C28H32N2O8S/c1-19-11-12-23(35-2)26(15-19)39(33,34)30(14-13-20-9-7-6-8-10-20)18-27(31)29-22-17-25(37-4)24(36-3)16-21(22)28(32)38-5/h6-12,15-17H,13-14,18H2,1-5H3,(H,29,31). The van der Waals surface area contributed by atoms with Crippen molar-refractivity contribution in [3.8, 4) is 17.2 Å². The Bertz CT molecular complexity index is 1420. The second-order valence-electron chi connectivity index (χ2n) is 8.52. The van der Waals surface area contributed by atoms with E-state index >= 15 is 0 Å². The number of methoxy groups -OCH3 is 4. The van der Waals surface area contributed by atoms with Gasteiger partial charge in [0, 0.05) is 18.7 Å². The van der Waals surface area contributed by atoms with Crippen LogP contribution in [0.25, 0.3) is 0 Å². The number of rotatable bonds is 12. The van der Waals surface area contributed by atoms with Gasteiger partial charge in [0.15, 0.2) is 11.5 Å². The number of hydrogen-bond donors (Lipinski definition) is 1. The number of ether oxygens (including phenoxy) is 4. The highest BCUT2D eigenvalue weighted by Gasteiger charge is 2.30. The molecule has 0 bridgehead atoms. The van der Waals surface area contributed by atoms with Gasteiger partial charge in [0.05, 0.1) is 46.2 Å². The van der Waals surface area contributed by atoms with Crippen LogP contribution in [-0.4, -0.2) is 66.1 Å². The number of amides is 1. The molecule has 0 aliphatic carbocycles. The van der Waals surface area contributed by atoms with Crippen molar-refractivity contribution in [2.45, 2.75) is 18.2 Å². The third-order valence-corrected chi connectivity index (χ3v) is 7.82. The van der Waals surface area contributed by atoms with Crippen molar-refractivity contribution in [2.75, 3.05) is 46.8 Å². The number of sulfonamides is 1. The second kappa shape index (κ2) is 13.1. The lowest BCUT2D eigenvalue weighted by Gasteiger charge is -2.23. The number of nitrogens with zero attached hydrogens (tertiary/aromatic N) is 1. The summed E-state index contributed by atoms with van der Waals surface area (Å²) in [5.41, 5.74) is 1.72. The Morgan fingerprint density at radius 1 is 0.846 bits per heavy atom. The molecule has 10 nitrogen and oxygen atoms in total. The Labute approximate surface area is 228 Å². The number of anilines is 1. The fourth-order valence-electron chi connectivity index (χ4n) is 3.92. The van der Waals surface area contributed by atoms with Crippen LogP contribution >= 0.6 is 0 Å². The van der Waals surface area contributed by atoms with Gasteiger partial charge in [-0.15, -0.1) is 0 Å². The largest absolute Gasteiger partial charge is 0.495 e. The van der Waals surface area contributed by atoms with Crippen LogP contribution in [0.3, 0.4) is 0 Å². The molecule has 0 aliphatic heterocycles. The van der Waals surface area contributed by atoms with Crippen molar-refractivity contribution in [3.63, 3.8) is 0 Å². The van der Waals surface area contributed by atoms with Crippen LogP contribution in [0.1, 0.15) is 21.5 Å². The highest BCUT2D eigenvalue weighted by atomic mass is 32.2. The normalized spacial score (nSPS) is 11.1. The van der Waals surface area contributed by atoms with E-state index in [0.29, 0.717) is 6.42 Å². The van der Waals surface area contributed by atoms with Crippen LogP contribution in [0.15, 0.2) is 65.6 Å². The van der Waals surface area contributed by atoms with Gasteiger partial charge in [-0.1, -0.05) is 36.4 Å². The molecular weight excluding hydrogens is 524 g/mol. The molecular formula is C28H32N2O8S. The third-order valence-electron chi connectivity index (χ3n) is 5.95. The molecule has 0 aliphatic rings. The molecule has 0 atom stereocenters. The summed E-state index contributed by atoms with van der Waals surface area (Å²) in [6.45, 7) is 1.26. The van der Waals surface area contributed by atoms with Crippen LogP contribution in [0.4, 0.5) is 5.69 Å². The molecule has 1 amide bonds. The van der Waals surface area contributed by atoms with Crippen LogP contribution in [0.2, 0.25) is 0 Å². The van der Waals surface area contributed by atoms with Crippen molar-refractivity contribution in [1.29, 1.82) is 0 Å². The number of benzene rings is 3. The zero-order valence-corrected chi connectivity index (χ0v) is 23.3. The minimum Gasteiger partial charge on any atom is -0.495 e. The maximum Gasteiger partial charge on any atom is 0.340 e. The second-order valence-corrected chi connectivity index (χ2v) is 10.4. The molecule has 0 fully saturated rings. The van der Waals surface area contributed by atoms with Crippen LogP contribution < -0.4 is 19.5 Å². The van der Waals surface area contributed by atoms with Crippen molar-refractivity contribution in [2.24, 2.45) is 0 Å². The average molecular weight is 557 g/mol. The first kappa shape index (κ1) is 29.5. The maximum atomic E-state index is 13.8. The van der Waals surface area contributed by atoms with Crippen LogP contribution in [-0.2, 0) is 26.0 Å². The average Bonchev–Trinajstić information content (AvgIpc) is 2.94. The summed E-state index contributed by atoms with van der Waals surface area (Å²) in [7, 11) is 1.24. The molecule has 0 unspecified atom stereocenters. The summed E-state index contributed by atoms with van der Waals surface area (Å²) in [5, 5.41) is 2.63. The van der Waals surface area contributed by atoms with Gasteiger partial charge in [0.1, 0.15) is 10.6 Å². The van der Waals surface area contributed by atoms with Crippen molar-refractivity contribution in [1.82, 2.24) is 4.31 Å².